The first-order valence-electron chi connectivity index (χ1n) is 9.04. The second-order valence-electron chi connectivity index (χ2n) is 6.67. The monoisotopic (exact) mass is 430 g/mol. The summed E-state index contributed by atoms with van der Waals surface area (Å²) in [6.45, 7) is -0.426. The smallest absolute Gasteiger partial charge is 0.325 e. The molecule has 0 fully saturated rings. The number of fused-ring (bicyclic) bond motifs is 1. The molecule has 154 valence electrons. The molecule has 1 atom stereocenters. The molecule has 1 aromatic heterocycles. The second-order valence-corrected chi connectivity index (χ2v) is 7.67. The summed E-state index contributed by atoms with van der Waals surface area (Å²) < 4.78 is 34.8. The molecule has 0 aliphatic carbocycles. The standard InChI is InChI=1S/C21H16F2N2O4S/c1-29-17(27)11-24-20-19(30-21(24)28)13(18-14(22)8-5-9-15(18)23)10-16(26)25(20)12-6-3-2-4-7-12/h2-9,13H,10-11H2,1H3/t13-/m0/s1. The van der Waals surface area contributed by atoms with Crippen LogP contribution >= 0.6 is 11.3 Å². The lowest BCUT2D eigenvalue weighted by Crippen LogP contribution is -2.36. The molecule has 3 aromatic rings. The summed E-state index contributed by atoms with van der Waals surface area (Å²) in [5.74, 6) is -3.58. The van der Waals surface area contributed by atoms with E-state index in [0.29, 0.717) is 10.6 Å². The minimum atomic E-state index is -0.981. The molecule has 6 nitrogen and oxygen atoms in total. The van der Waals surface area contributed by atoms with Crippen molar-refractivity contribution >= 4 is 34.7 Å². The Labute approximate surface area is 173 Å². The molecule has 4 rings (SSSR count). The molecule has 0 saturated heterocycles. The summed E-state index contributed by atoms with van der Waals surface area (Å²) >= 11 is 0.762. The second kappa shape index (κ2) is 7.83. The molecule has 0 bridgehead atoms. The Bertz CT molecular complexity index is 1170. The Morgan fingerprint density at radius 2 is 1.77 bits per heavy atom. The highest BCUT2D eigenvalue weighted by Crippen LogP contribution is 2.45. The largest absolute Gasteiger partial charge is 0.468 e. The number of carbonyl (C=O) groups is 2. The number of carbonyl (C=O) groups excluding carboxylic acids is 2. The summed E-state index contributed by atoms with van der Waals surface area (Å²) in [4.78, 5) is 38.9. The number of benzene rings is 2. The molecular formula is C21H16F2N2O4S. The van der Waals surface area contributed by atoms with Gasteiger partial charge in [0.1, 0.15) is 24.0 Å². The van der Waals surface area contributed by atoms with Crippen LogP contribution in [0.4, 0.5) is 20.3 Å². The van der Waals surface area contributed by atoms with Crippen LogP contribution in [-0.4, -0.2) is 23.6 Å². The number of para-hydroxylation sites is 1. The first-order chi connectivity index (χ1) is 14.4. The van der Waals surface area contributed by atoms with Gasteiger partial charge in [-0.1, -0.05) is 35.6 Å². The zero-order chi connectivity index (χ0) is 21.4. The van der Waals surface area contributed by atoms with Crippen molar-refractivity contribution in [3.05, 3.63) is 80.3 Å². The van der Waals surface area contributed by atoms with Crippen LogP contribution in [0.15, 0.2) is 53.3 Å². The van der Waals surface area contributed by atoms with Gasteiger partial charge in [0, 0.05) is 17.9 Å². The van der Waals surface area contributed by atoms with Crippen molar-refractivity contribution in [3.8, 4) is 0 Å². The van der Waals surface area contributed by atoms with Crippen molar-refractivity contribution < 1.29 is 23.1 Å². The fourth-order valence-corrected chi connectivity index (χ4v) is 4.69. The Morgan fingerprint density at radius 3 is 2.40 bits per heavy atom. The zero-order valence-corrected chi connectivity index (χ0v) is 16.6. The molecule has 30 heavy (non-hydrogen) atoms. The number of thiazole rings is 1. The maximum absolute atomic E-state index is 14.5. The van der Waals surface area contributed by atoms with Gasteiger partial charge in [0.25, 0.3) is 0 Å². The van der Waals surface area contributed by atoms with Gasteiger partial charge in [0.2, 0.25) is 5.91 Å². The molecule has 2 aromatic carbocycles. The third-order valence-corrected chi connectivity index (χ3v) is 6.01. The number of methoxy groups -OCH3 is 1. The fraction of sp³-hybridized carbons (Fsp3) is 0.190. The number of hydrogen-bond acceptors (Lipinski definition) is 5. The Balaban J connectivity index is 1.97. The minimum absolute atomic E-state index is 0.130. The van der Waals surface area contributed by atoms with E-state index < -0.39 is 40.8 Å². The third kappa shape index (κ3) is 3.30. The summed E-state index contributed by atoms with van der Waals surface area (Å²) in [5.41, 5.74) is 0.207. The quantitative estimate of drug-likeness (QED) is 0.594. The predicted octanol–water partition coefficient (Wildman–Crippen LogP) is 3.56. The van der Waals surface area contributed by atoms with Crippen LogP contribution in [0.3, 0.4) is 0 Å². The lowest BCUT2D eigenvalue weighted by Gasteiger charge is -2.32. The highest BCUT2D eigenvalue weighted by atomic mass is 32.1. The summed E-state index contributed by atoms with van der Waals surface area (Å²) in [6.07, 6.45) is -0.224. The maximum atomic E-state index is 14.5. The van der Waals surface area contributed by atoms with Crippen molar-refractivity contribution in [3.63, 3.8) is 0 Å². The summed E-state index contributed by atoms with van der Waals surface area (Å²) in [5, 5.41) is 0. The van der Waals surface area contributed by atoms with Gasteiger partial charge in [-0.15, -0.1) is 0 Å². The van der Waals surface area contributed by atoms with Gasteiger partial charge in [-0.05, 0) is 24.3 Å². The van der Waals surface area contributed by atoms with E-state index in [-0.39, 0.29) is 17.8 Å². The number of anilines is 2. The molecule has 0 unspecified atom stereocenters. The van der Waals surface area contributed by atoms with E-state index in [9.17, 15) is 23.2 Å². The number of hydrogen-bond donors (Lipinski definition) is 0. The normalized spacial score (nSPS) is 15.8. The van der Waals surface area contributed by atoms with E-state index >= 15 is 0 Å². The topological polar surface area (TPSA) is 68.6 Å². The van der Waals surface area contributed by atoms with Crippen molar-refractivity contribution in [1.82, 2.24) is 4.57 Å². The number of nitrogens with zero attached hydrogens (tertiary/aromatic N) is 2. The van der Waals surface area contributed by atoms with Gasteiger partial charge >= 0.3 is 10.8 Å². The first kappa shape index (κ1) is 20.0. The lowest BCUT2D eigenvalue weighted by molar-refractivity contribution is -0.141. The van der Waals surface area contributed by atoms with Crippen LogP contribution in [0.1, 0.15) is 22.8 Å². The molecule has 1 aliphatic rings. The first-order valence-corrected chi connectivity index (χ1v) is 9.86. The number of ether oxygens (including phenoxy) is 1. The van der Waals surface area contributed by atoms with Crippen molar-refractivity contribution in [2.45, 2.75) is 18.9 Å². The van der Waals surface area contributed by atoms with Gasteiger partial charge in [-0.3, -0.25) is 23.9 Å². The average Bonchev–Trinajstić information content (AvgIpc) is 3.04. The number of aromatic nitrogens is 1. The highest BCUT2D eigenvalue weighted by Gasteiger charge is 2.40. The molecule has 0 radical (unpaired) electrons. The minimum Gasteiger partial charge on any atom is -0.468 e. The average molecular weight is 430 g/mol. The zero-order valence-electron chi connectivity index (χ0n) is 15.8. The molecule has 0 saturated carbocycles. The molecule has 0 N–H and O–H groups in total. The van der Waals surface area contributed by atoms with E-state index in [1.165, 1.54) is 18.1 Å². The van der Waals surface area contributed by atoms with Crippen molar-refractivity contribution in [1.29, 1.82) is 0 Å². The highest BCUT2D eigenvalue weighted by molar-refractivity contribution is 7.10. The Morgan fingerprint density at radius 1 is 1.10 bits per heavy atom. The summed E-state index contributed by atoms with van der Waals surface area (Å²) in [7, 11) is 1.18. The molecular weight excluding hydrogens is 414 g/mol. The van der Waals surface area contributed by atoms with Crippen LogP contribution in [-0.2, 0) is 20.9 Å². The van der Waals surface area contributed by atoms with Crippen LogP contribution in [0.2, 0.25) is 0 Å². The van der Waals surface area contributed by atoms with Crippen LogP contribution < -0.4 is 9.77 Å². The van der Waals surface area contributed by atoms with Crippen LogP contribution in [0.25, 0.3) is 0 Å². The van der Waals surface area contributed by atoms with Crippen LogP contribution in [0, 0.1) is 11.6 Å². The van der Waals surface area contributed by atoms with E-state index in [4.69, 9.17) is 0 Å². The SMILES string of the molecule is COC(=O)Cn1c2c(sc1=O)[C@H](c1c(F)cccc1F)CC(=O)N2c1ccccc1. The summed E-state index contributed by atoms with van der Waals surface area (Å²) in [6, 6.07) is 12.0. The van der Waals surface area contributed by atoms with E-state index in [1.54, 1.807) is 30.3 Å². The molecule has 2 heterocycles. The van der Waals surface area contributed by atoms with Gasteiger partial charge in [0.05, 0.1) is 17.7 Å². The number of rotatable bonds is 4. The van der Waals surface area contributed by atoms with E-state index in [2.05, 4.69) is 4.74 Å². The fourth-order valence-electron chi connectivity index (χ4n) is 3.60. The van der Waals surface area contributed by atoms with E-state index in [1.807, 2.05) is 0 Å². The predicted molar refractivity (Wildman–Crippen MR) is 107 cm³/mol. The molecule has 1 aliphatic heterocycles. The number of halogens is 2. The Kier molecular flexibility index (Phi) is 5.21. The number of esters is 1. The van der Waals surface area contributed by atoms with Crippen molar-refractivity contribution in [2.75, 3.05) is 12.0 Å². The van der Waals surface area contributed by atoms with Crippen LogP contribution in [0.5, 0.6) is 0 Å². The van der Waals surface area contributed by atoms with Gasteiger partial charge in [-0.2, -0.15) is 0 Å². The molecule has 0 spiro atoms. The van der Waals surface area contributed by atoms with Crippen molar-refractivity contribution in [2.24, 2.45) is 0 Å². The Hall–Kier alpha value is -3.33. The molecule has 9 heteroatoms. The van der Waals surface area contributed by atoms with Gasteiger partial charge in [-0.25, -0.2) is 8.78 Å². The number of amides is 1. The van der Waals surface area contributed by atoms with E-state index in [0.717, 1.165) is 28.0 Å². The van der Waals surface area contributed by atoms with Gasteiger partial charge in [0.15, 0.2) is 0 Å². The third-order valence-electron chi connectivity index (χ3n) is 4.93. The molecule has 1 amide bonds. The maximum Gasteiger partial charge on any atom is 0.325 e. The van der Waals surface area contributed by atoms with Gasteiger partial charge < -0.3 is 4.74 Å². The lowest BCUT2D eigenvalue weighted by atomic mass is 9.89.